The number of hydrogen-bond donors (Lipinski definition) is 1. The highest BCUT2D eigenvalue weighted by atomic mass is 19.4. The van der Waals surface area contributed by atoms with E-state index >= 15 is 0 Å². The molecule has 1 aliphatic heterocycles. The molecule has 0 aliphatic carbocycles. The molecular formula is C25H25F4N5O3. The van der Waals surface area contributed by atoms with E-state index in [9.17, 15) is 27.2 Å². The van der Waals surface area contributed by atoms with Crippen molar-refractivity contribution in [2.75, 3.05) is 23.3 Å². The van der Waals surface area contributed by atoms with Crippen LogP contribution in [0.2, 0.25) is 0 Å². The molecule has 0 bridgehead atoms. The molecule has 0 saturated carbocycles. The number of nitrogens with one attached hydrogen (secondary N) is 1. The number of ether oxygens (including phenoxy) is 1. The first-order valence-corrected chi connectivity index (χ1v) is 11.8. The molecule has 196 valence electrons. The Bertz CT molecular complexity index is 1300. The third-order valence-corrected chi connectivity index (χ3v) is 5.89. The molecule has 1 saturated heterocycles. The van der Waals surface area contributed by atoms with Gasteiger partial charge < -0.3 is 15.0 Å². The molecule has 3 heterocycles. The smallest absolute Gasteiger partial charge is 0.471 e. The van der Waals surface area contributed by atoms with Crippen LogP contribution >= 0.6 is 0 Å². The molecule has 0 atom stereocenters. The Kier molecular flexibility index (Phi) is 7.74. The van der Waals surface area contributed by atoms with Crippen LogP contribution in [0.3, 0.4) is 0 Å². The van der Waals surface area contributed by atoms with E-state index in [1.165, 1.54) is 23.6 Å². The number of rotatable bonds is 7. The van der Waals surface area contributed by atoms with Gasteiger partial charge in [-0.3, -0.25) is 14.2 Å². The van der Waals surface area contributed by atoms with Crippen molar-refractivity contribution in [3.05, 3.63) is 70.7 Å². The van der Waals surface area contributed by atoms with E-state index in [4.69, 9.17) is 4.74 Å². The van der Waals surface area contributed by atoms with Gasteiger partial charge in [0.2, 0.25) is 5.95 Å². The maximum atomic E-state index is 14.3. The Morgan fingerprint density at radius 2 is 1.84 bits per heavy atom. The molecule has 37 heavy (non-hydrogen) atoms. The molecule has 0 radical (unpaired) electrons. The lowest BCUT2D eigenvalue weighted by Gasteiger charge is -2.32. The summed E-state index contributed by atoms with van der Waals surface area (Å²) < 4.78 is 58.6. The quantitative estimate of drug-likeness (QED) is 0.469. The Morgan fingerprint density at radius 1 is 1.14 bits per heavy atom. The fourth-order valence-corrected chi connectivity index (χ4v) is 3.99. The fraction of sp³-hybridized carbons (Fsp3) is 0.360. The largest absolute Gasteiger partial charge is 0.490 e. The van der Waals surface area contributed by atoms with Crippen molar-refractivity contribution in [2.24, 2.45) is 0 Å². The average molecular weight is 519 g/mol. The Hall–Kier alpha value is -3.96. The first-order chi connectivity index (χ1) is 17.6. The summed E-state index contributed by atoms with van der Waals surface area (Å²) in [5.74, 6) is -2.37. The summed E-state index contributed by atoms with van der Waals surface area (Å²) in [5.41, 5.74) is 0.0260. The highest BCUT2D eigenvalue weighted by Gasteiger charge is 2.39. The lowest BCUT2D eigenvalue weighted by molar-refractivity contribution is -0.167. The summed E-state index contributed by atoms with van der Waals surface area (Å²) in [4.78, 5) is 34.6. The van der Waals surface area contributed by atoms with E-state index in [2.05, 4.69) is 21.8 Å². The number of amides is 1. The zero-order chi connectivity index (χ0) is 26.6. The monoisotopic (exact) mass is 519 g/mol. The maximum absolute atomic E-state index is 14.3. The molecule has 3 aromatic rings. The van der Waals surface area contributed by atoms with E-state index < -0.39 is 29.1 Å². The van der Waals surface area contributed by atoms with Gasteiger partial charge in [0.15, 0.2) is 0 Å². The van der Waals surface area contributed by atoms with Gasteiger partial charge in [0.25, 0.3) is 5.56 Å². The molecule has 4 rings (SSSR count). The molecule has 1 aromatic carbocycles. The second kappa shape index (κ2) is 11.0. The van der Waals surface area contributed by atoms with Gasteiger partial charge in [0.1, 0.15) is 17.7 Å². The molecule has 2 aromatic heterocycles. The lowest BCUT2D eigenvalue weighted by Crippen LogP contribution is -2.39. The van der Waals surface area contributed by atoms with Gasteiger partial charge in [-0.15, -0.1) is 0 Å². The summed E-state index contributed by atoms with van der Waals surface area (Å²) in [6.45, 7) is 3.50. The van der Waals surface area contributed by atoms with Gasteiger partial charge in [-0.05, 0) is 30.2 Å². The second-order valence-corrected chi connectivity index (χ2v) is 8.63. The predicted octanol–water partition coefficient (Wildman–Crippen LogP) is 4.27. The number of aryl methyl sites for hydroxylation is 1. The van der Waals surface area contributed by atoms with Crippen LogP contribution in [-0.2, 0) is 11.2 Å². The molecule has 0 spiro atoms. The molecule has 1 N–H and O–H groups in total. The summed E-state index contributed by atoms with van der Waals surface area (Å²) in [6, 6.07) is 5.86. The van der Waals surface area contributed by atoms with Crippen molar-refractivity contribution in [3.63, 3.8) is 0 Å². The minimum atomic E-state index is -5.15. The summed E-state index contributed by atoms with van der Waals surface area (Å²) in [6.07, 6.45) is 3.21. The Balaban J connectivity index is 1.36. The van der Waals surface area contributed by atoms with Gasteiger partial charge in [0.05, 0.1) is 11.4 Å². The van der Waals surface area contributed by atoms with Crippen molar-refractivity contribution in [1.29, 1.82) is 0 Å². The second-order valence-electron chi connectivity index (χ2n) is 8.63. The fourth-order valence-electron chi connectivity index (χ4n) is 3.99. The number of alkyl halides is 3. The summed E-state index contributed by atoms with van der Waals surface area (Å²) in [5, 5.41) is 1.46. The number of hydrogen-bond acceptors (Lipinski definition) is 6. The third-order valence-electron chi connectivity index (χ3n) is 5.89. The van der Waals surface area contributed by atoms with Crippen LogP contribution in [0.15, 0.2) is 53.7 Å². The zero-order valence-electron chi connectivity index (χ0n) is 20.0. The van der Waals surface area contributed by atoms with Crippen LogP contribution in [0.5, 0.6) is 5.75 Å². The highest BCUT2D eigenvalue weighted by Crippen LogP contribution is 2.24. The van der Waals surface area contributed by atoms with Gasteiger partial charge >= 0.3 is 12.1 Å². The van der Waals surface area contributed by atoms with Crippen LogP contribution in [0, 0.1) is 5.82 Å². The third kappa shape index (κ3) is 6.43. The zero-order valence-corrected chi connectivity index (χ0v) is 20.0. The van der Waals surface area contributed by atoms with Gasteiger partial charge in [-0.1, -0.05) is 13.3 Å². The molecule has 1 fully saturated rings. The number of halogens is 4. The molecule has 1 aliphatic rings. The van der Waals surface area contributed by atoms with E-state index in [0.717, 1.165) is 35.1 Å². The van der Waals surface area contributed by atoms with Crippen LogP contribution < -0.4 is 20.5 Å². The number of piperidine rings is 1. The number of carbonyl (C=O) groups is 1. The first-order valence-electron chi connectivity index (χ1n) is 11.8. The predicted molar refractivity (Wildman–Crippen MR) is 129 cm³/mol. The number of aromatic nitrogens is 3. The summed E-state index contributed by atoms with van der Waals surface area (Å²) in [7, 11) is 0. The SMILES string of the molecule is CCCc1cnc(N2CCC(Oc3ccn(-c4ccc(NC(=O)C(F)(F)F)c(F)c4)c(=O)c3)CC2)nc1. The normalized spacial score (nSPS) is 14.5. The van der Waals surface area contributed by atoms with Crippen molar-refractivity contribution in [2.45, 2.75) is 44.9 Å². The van der Waals surface area contributed by atoms with Gasteiger partial charge in [-0.2, -0.15) is 13.2 Å². The van der Waals surface area contributed by atoms with Crippen molar-refractivity contribution in [3.8, 4) is 11.4 Å². The minimum absolute atomic E-state index is 0.0809. The topological polar surface area (TPSA) is 89.4 Å². The van der Waals surface area contributed by atoms with E-state index in [1.54, 1.807) is 6.07 Å². The molecule has 8 nitrogen and oxygen atoms in total. The first kappa shape index (κ1) is 26.1. The molecular weight excluding hydrogens is 494 g/mol. The van der Waals surface area contributed by atoms with E-state index in [-0.39, 0.29) is 11.8 Å². The minimum Gasteiger partial charge on any atom is -0.490 e. The molecule has 1 amide bonds. The van der Waals surface area contributed by atoms with Crippen LogP contribution in [0.4, 0.5) is 29.2 Å². The molecule has 12 heteroatoms. The van der Waals surface area contributed by atoms with Crippen molar-refractivity contribution in [1.82, 2.24) is 14.5 Å². The standard InChI is InChI=1S/C25H25F4N5O3/c1-2-3-16-14-30-24(31-15-16)33-9-6-18(7-10-33)37-19-8-11-34(22(35)13-19)17-4-5-21(20(26)12-17)32-23(36)25(27,28)29/h4-5,8,11-15,18H,2-3,6-7,9-10H2,1H3,(H,32,36). The number of carbonyl (C=O) groups excluding carboxylic acids is 1. The number of nitrogens with zero attached hydrogens (tertiary/aromatic N) is 4. The number of anilines is 2. The van der Waals surface area contributed by atoms with Crippen molar-refractivity contribution >= 4 is 17.5 Å². The van der Waals surface area contributed by atoms with E-state index in [0.29, 0.717) is 37.6 Å². The van der Waals surface area contributed by atoms with Crippen LogP contribution in [0.25, 0.3) is 5.69 Å². The average Bonchev–Trinajstić information content (AvgIpc) is 2.86. The molecule has 0 unspecified atom stereocenters. The Labute approximate surface area is 209 Å². The number of pyridine rings is 1. The van der Waals surface area contributed by atoms with Gasteiger partial charge in [0, 0.05) is 56.7 Å². The Morgan fingerprint density at radius 3 is 2.43 bits per heavy atom. The van der Waals surface area contributed by atoms with Crippen molar-refractivity contribution < 1.29 is 27.1 Å². The summed E-state index contributed by atoms with van der Waals surface area (Å²) >= 11 is 0. The van der Waals surface area contributed by atoms with Crippen LogP contribution in [-0.4, -0.2) is 45.8 Å². The van der Waals surface area contributed by atoms with Crippen LogP contribution in [0.1, 0.15) is 31.7 Å². The lowest BCUT2D eigenvalue weighted by atomic mass is 10.1. The highest BCUT2D eigenvalue weighted by molar-refractivity contribution is 5.95. The van der Waals surface area contributed by atoms with Gasteiger partial charge in [-0.25, -0.2) is 14.4 Å². The van der Waals surface area contributed by atoms with E-state index in [1.807, 2.05) is 12.4 Å². The number of benzene rings is 1. The maximum Gasteiger partial charge on any atom is 0.471 e.